The summed E-state index contributed by atoms with van der Waals surface area (Å²) in [5.41, 5.74) is 4.29. The summed E-state index contributed by atoms with van der Waals surface area (Å²) < 4.78 is 0. The zero-order valence-corrected chi connectivity index (χ0v) is 16.4. The number of hydrogen-bond acceptors (Lipinski definition) is 5. The highest BCUT2D eigenvalue weighted by Gasteiger charge is 2.20. The van der Waals surface area contributed by atoms with Crippen LogP contribution >= 0.6 is 34.8 Å². The molecule has 0 atom stereocenters. The van der Waals surface area contributed by atoms with Crippen LogP contribution in [0.25, 0.3) is 0 Å². The molecular formula is C17H17Cl3N4O2. The smallest absolute Gasteiger partial charge is 0.356 e. The van der Waals surface area contributed by atoms with Crippen LogP contribution in [-0.4, -0.2) is 35.4 Å². The lowest BCUT2D eigenvalue weighted by Gasteiger charge is -2.20. The van der Waals surface area contributed by atoms with Gasteiger partial charge in [0.25, 0.3) is 0 Å². The Morgan fingerprint density at radius 3 is 2.35 bits per heavy atom. The zero-order valence-electron chi connectivity index (χ0n) is 14.1. The molecule has 1 aromatic carbocycles. The van der Waals surface area contributed by atoms with Crippen LogP contribution in [0.1, 0.15) is 29.9 Å². The Hall–Kier alpha value is -2.02. The van der Waals surface area contributed by atoms with Crippen LogP contribution in [0.5, 0.6) is 0 Å². The van der Waals surface area contributed by atoms with Gasteiger partial charge in [-0.2, -0.15) is 5.10 Å². The van der Waals surface area contributed by atoms with Gasteiger partial charge in [0.1, 0.15) is 10.0 Å². The van der Waals surface area contributed by atoms with E-state index in [4.69, 9.17) is 39.9 Å². The van der Waals surface area contributed by atoms with Gasteiger partial charge < -0.3 is 10.0 Å². The van der Waals surface area contributed by atoms with Gasteiger partial charge in [-0.25, -0.2) is 9.78 Å². The monoisotopic (exact) mass is 414 g/mol. The first-order valence-electron chi connectivity index (χ1n) is 7.80. The van der Waals surface area contributed by atoms with Crippen molar-refractivity contribution in [2.45, 2.75) is 13.8 Å². The van der Waals surface area contributed by atoms with E-state index < -0.39 is 11.7 Å². The van der Waals surface area contributed by atoms with E-state index in [2.05, 4.69) is 34.3 Å². The lowest BCUT2D eigenvalue weighted by Crippen LogP contribution is -2.21. The number of aromatic nitrogens is 1. The summed E-state index contributed by atoms with van der Waals surface area (Å²) in [4.78, 5) is 17.0. The fraction of sp³-hybridized carbons (Fsp3) is 0.235. The molecule has 1 aromatic heterocycles. The Bertz CT molecular complexity index is 822. The molecule has 9 heteroatoms. The average molecular weight is 416 g/mol. The van der Waals surface area contributed by atoms with E-state index in [0.717, 1.165) is 24.3 Å². The second-order valence-electron chi connectivity index (χ2n) is 5.19. The third-order valence-corrected chi connectivity index (χ3v) is 4.76. The quantitative estimate of drug-likeness (QED) is 0.376. The van der Waals surface area contributed by atoms with Crippen LogP contribution in [0.2, 0.25) is 15.2 Å². The fourth-order valence-corrected chi connectivity index (χ4v) is 2.95. The summed E-state index contributed by atoms with van der Waals surface area (Å²) in [5, 5.41) is 12.8. The molecule has 0 unspecified atom stereocenters. The van der Waals surface area contributed by atoms with Gasteiger partial charge in [0.15, 0.2) is 10.8 Å². The number of aromatic carboxylic acids is 1. The summed E-state index contributed by atoms with van der Waals surface area (Å²) in [7, 11) is 0. The summed E-state index contributed by atoms with van der Waals surface area (Å²) >= 11 is 17.9. The Kier molecular flexibility index (Phi) is 7.08. The first-order chi connectivity index (χ1) is 12.4. The van der Waals surface area contributed by atoms with Crippen LogP contribution in [0.3, 0.4) is 0 Å². The number of benzene rings is 1. The number of hydrazone groups is 1. The van der Waals surface area contributed by atoms with Crippen LogP contribution < -0.4 is 10.3 Å². The van der Waals surface area contributed by atoms with E-state index in [1.165, 1.54) is 0 Å². The first kappa shape index (κ1) is 20.3. The average Bonchev–Trinajstić information content (AvgIpc) is 2.63. The minimum Gasteiger partial charge on any atom is -0.476 e. The van der Waals surface area contributed by atoms with E-state index in [1.807, 2.05) is 24.3 Å². The summed E-state index contributed by atoms with van der Waals surface area (Å²) in [5.74, 6) is -1.31. The molecule has 0 amide bonds. The van der Waals surface area contributed by atoms with Crippen molar-refractivity contribution < 1.29 is 9.90 Å². The lowest BCUT2D eigenvalue weighted by atomic mass is 10.2. The molecule has 6 nitrogen and oxygen atoms in total. The molecule has 0 aliphatic heterocycles. The highest BCUT2D eigenvalue weighted by molar-refractivity contribution is 6.46. The largest absolute Gasteiger partial charge is 0.476 e. The van der Waals surface area contributed by atoms with Crippen LogP contribution in [0.15, 0.2) is 29.4 Å². The van der Waals surface area contributed by atoms with E-state index >= 15 is 0 Å². The molecule has 0 saturated heterocycles. The van der Waals surface area contributed by atoms with Crippen molar-refractivity contribution in [3.05, 3.63) is 50.7 Å². The Morgan fingerprint density at radius 1 is 1.19 bits per heavy atom. The fourth-order valence-electron chi connectivity index (χ4n) is 2.29. The van der Waals surface area contributed by atoms with Crippen molar-refractivity contribution in [1.29, 1.82) is 0 Å². The predicted molar refractivity (Wildman–Crippen MR) is 107 cm³/mol. The maximum absolute atomic E-state index is 11.2. The number of halogens is 3. The van der Waals surface area contributed by atoms with Crippen molar-refractivity contribution >= 4 is 58.4 Å². The van der Waals surface area contributed by atoms with Crippen molar-refractivity contribution in [2.24, 2.45) is 5.10 Å². The number of hydrogen-bond donors (Lipinski definition) is 2. The van der Waals surface area contributed by atoms with Gasteiger partial charge in [-0.1, -0.05) is 46.9 Å². The van der Waals surface area contributed by atoms with Crippen molar-refractivity contribution in [1.82, 2.24) is 4.98 Å². The number of anilines is 2. The number of nitrogens with one attached hydrogen (secondary N) is 1. The molecule has 0 saturated carbocycles. The maximum atomic E-state index is 11.2. The molecule has 138 valence electrons. The minimum atomic E-state index is -1.31. The van der Waals surface area contributed by atoms with Crippen molar-refractivity contribution in [3.63, 3.8) is 0 Å². The highest BCUT2D eigenvalue weighted by Crippen LogP contribution is 2.36. The first-order valence-corrected chi connectivity index (χ1v) is 8.94. The normalized spacial score (nSPS) is 11.0. The number of pyridine rings is 1. The maximum Gasteiger partial charge on any atom is 0.356 e. The summed E-state index contributed by atoms with van der Waals surface area (Å²) in [6, 6.07) is 7.84. The Morgan fingerprint density at radius 2 is 1.81 bits per heavy atom. The lowest BCUT2D eigenvalue weighted by molar-refractivity contribution is 0.0691. The van der Waals surface area contributed by atoms with Crippen LogP contribution in [0, 0.1) is 0 Å². The molecule has 2 aromatic rings. The van der Waals surface area contributed by atoms with Crippen LogP contribution in [0.4, 0.5) is 11.4 Å². The molecule has 0 aliphatic rings. The number of carbonyl (C=O) groups is 1. The summed E-state index contributed by atoms with van der Waals surface area (Å²) in [6.45, 7) is 6.05. The van der Waals surface area contributed by atoms with Crippen molar-refractivity contribution in [2.75, 3.05) is 23.4 Å². The molecule has 26 heavy (non-hydrogen) atoms. The van der Waals surface area contributed by atoms with Crippen LogP contribution in [-0.2, 0) is 0 Å². The van der Waals surface area contributed by atoms with Gasteiger partial charge in [0.05, 0.1) is 11.9 Å². The van der Waals surface area contributed by atoms with Gasteiger partial charge in [-0.15, -0.1) is 0 Å². The minimum absolute atomic E-state index is 0.00398. The summed E-state index contributed by atoms with van der Waals surface area (Å²) in [6.07, 6.45) is 1.56. The SMILES string of the molecule is CCN(CC)c1ccc(C=NNc2c(Cl)c(Cl)nc(C(=O)O)c2Cl)cc1. The van der Waals surface area contributed by atoms with Crippen molar-refractivity contribution in [3.8, 4) is 0 Å². The standard InChI is InChI=1S/C17H17Cl3N4O2/c1-3-24(4-2)11-7-5-10(6-8-11)9-21-23-14-12(18)15(17(25)26)22-16(20)13(14)19/h5-9H,3-4H2,1-2H3,(H,22,23)(H,25,26). The third-order valence-electron chi connectivity index (χ3n) is 3.65. The molecule has 0 fully saturated rings. The van der Waals surface area contributed by atoms with Gasteiger partial charge >= 0.3 is 5.97 Å². The predicted octanol–water partition coefficient (Wildman–Crippen LogP) is 5.03. The van der Waals surface area contributed by atoms with Gasteiger partial charge in [0.2, 0.25) is 0 Å². The molecule has 1 heterocycles. The zero-order chi connectivity index (χ0) is 19.3. The molecular weight excluding hydrogens is 399 g/mol. The molecule has 0 aliphatic carbocycles. The van der Waals surface area contributed by atoms with E-state index in [0.29, 0.717) is 0 Å². The Balaban J connectivity index is 2.20. The highest BCUT2D eigenvalue weighted by atomic mass is 35.5. The Labute approximate surface area is 166 Å². The van der Waals surface area contributed by atoms with E-state index in [-0.39, 0.29) is 20.9 Å². The number of carboxylic acids is 1. The molecule has 0 spiro atoms. The molecule has 2 rings (SSSR count). The number of nitrogens with zero attached hydrogens (tertiary/aromatic N) is 3. The van der Waals surface area contributed by atoms with E-state index in [1.54, 1.807) is 6.21 Å². The molecule has 0 bridgehead atoms. The second-order valence-corrected chi connectivity index (χ2v) is 6.31. The molecule has 2 N–H and O–H groups in total. The molecule has 0 radical (unpaired) electrons. The number of carboxylic acid groups (broad SMARTS) is 1. The topological polar surface area (TPSA) is 77.8 Å². The van der Waals surface area contributed by atoms with Gasteiger partial charge in [-0.3, -0.25) is 5.43 Å². The van der Waals surface area contributed by atoms with Gasteiger partial charge in [-0.05, 0) is 31.5 Å². The second kappa shape index (κ2) is 9.07. The van der Waals surface area contributed by atoms with E-state index in [9.17, 15) is 4.79 Å². The van der Waals surface area contributed by atoms with Gasteiger partial charge in [0, 0.05) is 18.8 Å². The third kappa shape index (κ3) is 4.58. The number of rotatable bonds is 7.